The molecule has 0 aromatic carbocycles. The molecule has 16 heavy (non-hydrogen) atoms. The average molecular weight is 240 g/mol. The van der Waals surface area contributed by atoms with Crippen LogP contribution in [-0.4, -0.2) is 25.0 Å². The molecule has 0 amide bonds. The highest BCUT2D eigenvalue weighted by atomic mass is 32.1. The molecule has 0 saturated heterocycles. The first kappa shape index (κ1) is 13.7. The number of hydrogen-bond donors (Lipinski definition) is 1. The van der Waals surface area contributed by atoms with E-state index in [9.17, 15) is 0 Å². The zero-order chi connectivity index (χ0) is 12.1. The minimum Gasteiger partial charge on any atom is -0.329 e. The molecule has 1 unspecified atom stereocenters. The third-order valence-corrected chi connectivity index (χ3v) is 4.04. The molecule has 1 aromatic heterocycles. The molecular weight excluding hydrogens is 216 g/mol. The molecule has 0 aliphatic rings. The van der Waals surface area contributed by atoms with Gasteiger partial charge in [-0.2, -0.15) is 0 Å². The summed E-state index contributed by atoms with van der Waals surface area (Å²) in [5.74, 6) is 0. The highest BCUT2D eigenvalue weighted by Crippen LogP contribution is 2.29. The van der Waals surface area contributed by atoms with Gasteiger partial charge in [-0.15, -0.1) is 11.3 Å². The molecule has 2 N–H and O–H groups in total. The lowest BCUT2D eigenvalue weighted by atomic mass is 10.1. The van der Waals surface area contributed by atoms with Gasteiger partial charge in [-0.1, -0.05) is 13.3 Å². The Morgan fingerprint density at radius 2 is 2.12 bits per heavy atom. The van der Waals surface area contributed by atoms with E-state index in [1.165, 1.54) is 28.2 Å². The SMILES string of the molecule is CCCCN(C)C(CN)c1cc(C)sc1C. The van der Waals surface area contributed by atoms with Gasteiger partial charge in [0.15, 0.2) is 0 Å². The monoisotopic (exact) mass is 240 g/mol. The van der Waals surface area contributed by atoms with Crippen LogP contribution in [0.3, 0.4) is 0 Å². The van der Waals surface area contributed by atoms with E-state index in [-0.39, 0.29) is 0 Å². The van der Waals surface area contributed by atoms with Crippen LogP contribution in [0.1, 0.15) is 41.1 Å². The molecule has 1 aromatic rings. The molecule has 0 aliphatic heterocycles. The van der Waals surface area contributed by atoms with Crippen LogP contribution < -0.4 is 5.73 Å². The quantitative estimate of drug-likeness (QED) is 0.828. The zero-order valence-electron chi connectivity index (χ0n) is 10.9. The number of hydrogen-bond acceptors (Lipinski definition) is 3. The first-order chi connectivity index (χ1) is 7.60. The fourth-order valence-electron chi connectivity index (χ4n) is 2.09. The number of rotatable bonds is 6. The lowest BCUT2D eigenvalue weighted by Gasteiger charge is -2.27. The van der Waals surface area contributed by atoms with E-state index in [1.807, 2.05) is 11.3 Å². The summed E-state index contributed by atoms with van der Waals surface area (Å²) in [5.41, 5.74) is 7.34. The Morgan fingerprint density at radius 1 is 1.44 bits per heavy atom. The Bertz CT molecular complexity index is 320. The number of nitrogens with two attached hydrogens (primary N) is 1. The van der Waals surface area contributed by atoms with Crippen molar-refractivity contribution >= 4 is 11.3 Å². The number of aryl methyl sites for hydroxylation is 2. The van der Waals surface area contributed by atoms with Crippen molar-refractivity contribution in [3.63, 3.8) is 0 Å². The van der Waals surface area contributed by atoms with Crippen LogP contribution in [0.4, 0.5) is 0 Å². The molecule has 0 spiro atoms. The van der Waals surface area contributed by atoms with Crippen LogP contribution in [0, 0.1) is 13.8 Å². The Hall–Kier alpha value is -0.380. The molecule has 2 nitrogen and oxygen atoms in total. The van der Waals surface area contributed by atoms with E-state index in [4.69, 9.17) is 5.73 Å². The van der Waals surface area contributed by atoms with Gasteiger partial charge in [0.25, 0.3) is 0 Å². The molecule has 0 saturated carbocycles. The molecule has 3 heteroatoms. The van der Waals surface area contributed by atoms with E-state index < -0.39 is 0 Å². The van der Waals surface area contributed by atoms with Gasteiger partial charge in [-0.3, -0.25) is 4.90 Å². The third-order valence-electron chi connectivity index (χ3n) is 3.06. The van der Waals surface area contributed by atoms with E-state index >= 15 is 0 Å². The van der Waals surface area contributed by atoms with E-state index in [1.54, 1.807) is 0 Å². The van der Waals surface area contributed by atoms with Crippen LogP contribution >= 0.6 is 11.3 Å². The summed E-state index contributed by atoms with van der Waals surface area (Å²) in [6.45, 7) is 8.43. The highest BCUT2D eigenvalue weighted by molar-refractivity contribution is 7.12. The van der Waals surface area contributed by atoms with Gasteiger partial charge in [0, 0.05) is 22.3 Å². The number of unbranched alkanes of at least 4 members (excludes halogenated alkanes) is 1. The Morgan fingerprint density at radius 3 is 2.56 bits per heavy atom. The Labute approximate surface area is 103 Å². The van der Waals surface area contributed by atoms with Crippen molar-refractivity contribution in [1.82, 2.24) is 4.90 Å². The van der Waals surface area contributed by atoms with Crippen LogP contribution in [0.2, 0.25) is 0 Å². The maximum absolute atomic E-state index is 5.92. The largest absolute Gasteiger partial charge is 0.329 e. The summed E-state index contributed by atoms with van der Waals surface area (Å²) in [5, 5.41) is 0. The second-order valence-electron chi connectivity index (χ2n) is 4.45. The number of nitrogens with zero attached hydrogens (tertiary/aromatic N) is 1. The maximum atomic E-state index is 5.92. The van der Waals surface area contributed by atoms with Crippen molar-refractivity contribution in [3.8, 4) is 0 Å². The van der Waals surface area contributed by atoms with Crippen LogP contribution in [0.5, 0.6) is 0 Å². The molecule has 0 fully saturated rings. The first-order valence-electron chi connectivity index (χ1n) is 6.07. The fraction of sp³-hybridized carbons (Fsp3) is 0.692. The minimum atomic E-state index is 0.386. The Balaban J connectivity index is 2.77. The lowest BCUT2D eigenvalue weighted by molar-refractivity contribution is 0.246. The molecule has 1 heterocycles. The molecular formula is C13H24N2S. The molecule has 0 bridgehead atoms. The van der Waals surface area contributed by atoms with Crippen molar-refractivity contribution < 1.29 is 0 Å². The molecule has 92 valence electrons. The predicted molar refractivity (Wildman–Crippen MR) is 73.1 cm³/mol. The van der Waals surface area contributed by atoms with Crippen molar-refractivity contribution in [2.24, 2.45) is 5.73 Å². The summed E-state index contributed by atoms with van der Waals surface area (Å²) in [4.78, 5) is 5.18. The number of likely N-dealkylation sites (N-methyl/N-ethyl adjacent to an activating group) is 1. The van der Waals surface area contributed by atoms with Crippen molar-refractivity contribution in [1.29, 1.82) is 0 Å². The van der Waals surface area contributed by atoms with Gasteiger partial charge in [-0.05, 0) is 45.5 Å². The van der Waals surface area contributed by atoms with Crippen LogP contribution in [0.25, 0.3) is 0 Å². The second kappa shape index (κ2) is 6.38. The van der Waals surface area contributed by atoms with Gasteiger partial charge in [0.1, 0.15) is 0 Å². The fourth-order valence-corrected chi connectivity index (χ4v) is 3.07. The first-order valence-corrected chi connectivity index (χ1v) is 6.89. The summed E-state index contributed by atoms with van der Waals surface area (Å²) < 4.78 is 0. The molecule has 0 aliphatic carbocycles. The van der Waals surface area contributed by atoms with E-state index in [0.717, 1.165) is 6.54 Å². The number of thiophene rings is 1. The summed E-state index contributed by atoms with van der Waals surface area (Å²) in [6.07, 6.45) is 2.48. The van der Waals surface area contributed by atoms with Crippen molar-refractivity contribution in [3.05, 3.63) is 21.4 Å². The zero-order valence-corrected chi connectivity index (χ0v) is 11.7. The predicted octanol–water partition coefficient (Wildman–Crippen LogP) is 3.10. The summed E-state index contributed by atoms with van der Waals surface area (Å²) in [6, 6.07) is 2.68. The molecule has 0 radical (unpaired) electrons. The Kier molecular flexibility index (Phi) is 5.46. The minimum absolute atomic E-state index is 0.386. The average Bonchev–Trinajstić information content (AvgIpc) is 2.56. The smallest absolute Gasteiger partial charge is 0.0478 e. The van der Waals surface area contributed by atoms with Crippen molar-refractivity contribution in [2.75, 3.05) is 20.1 Å². The van der Waals surface area contributed by atoms with Crippen LogP contribution in [-0.2, 0) is 0 Å². The van der Waals surface area contributed by atoms with Gasteiger partial charge in [0.05, 0.1) is 0 Å². The standard InChI is InChI=1S/C13H24N2S/c1-5-6-7-15(4)13(9-14)12-8-10(2)16-11(12)3/h8,13H,5-7,9,14H2,1-4H3. The van der Waals surface area contributed by atoms with E-state index in [2.05, 4.69) is 38.8 Å². The van der Waals surface area contributed by atoms with E-state index in [0.29, 0.717) is 12.6 Å². The topological polar surface area (TPSA) is 29.3 Å². The second-order valence-corrected chi connectivity index (χ2v) is 5.91. The highest BCUT2D eigenvalue weighted by Gasteiger charge is 2.18. The molecule has 1 atom stereocenters. The van der Waals surface area contributed by atoms with Crippen molar-refractivity contribution in [2.45, 2.75) is 39.7 Å². The summed E-state index contributed by atoms with van der Waals surface area (Å²) >= 11 is 1.87. The lowest BCUT2D eigenvalue weighted by Crippen LogP contribution is -2.31. The van der Waals surface area contributed by atoms with Gasteiger partial charge >= 0.3 is 0 Å². The molecule has 1 rings (SSSR count). The van der Waals surface area contributed by atoms with Gasteiger partial charge in [0.2, 0.25) is 0 Å². The summed E-state index contributed by atoms with van der Waals surface area (Å²) in [7, 11) is 2.18. The van der Waals surface area contributed by atoms with Gasteiger partial charge in [-0.25, -0.2) is 0 Å². The maximum Gasteiger partial charge on any atom is 0.0478 e. The van der Waals surface area contributed by atoms with Gasteiger partial charge < -0.3 is 5.73 Å². The third kappa shape index (κ3) is 3.30. The normalized spacial score (nSPS) is 13.4. The van der Waals surface area contributed by atoms with Crippen LogP contribution in [0.15, 0.2) is 6.07 Å².